The molecule has 0 spiro atoms. The Bertz CT molecular complexity index is 723. The van der Waals surface area contributed by atoms with Crippen LogP contribution in [0.5, 0.6) is 0 Å². The van der Waals surface area contributed by atoms with Crippen LogP contribution in [0.1, 0.15) is 23.6 Å². The van der Waals surface area contributed by atoms with Gasteiger partial charge >= 0.3 is 0 Å². The van der Waals surface area contributed by atoms with Gasteiger partial charge in [0.15, 0.2) is 11.6 Å². The van der Waals surface area contributed by atoms with Gasteiger partial charge in [-0.15, -0.1) is 11.8 Å². The van der Waals surface area contributed by atoms with Gasteiger partial charge in [0.25, 0.3) is 0 Å². The highest BCUT2D eigenvalue weighted by Gasteiger charge is 2.17. The number of hydrogen-bond donors (Lipinski definition) is 1. The van der Waals surface area contributed by atoms with Gasteiger partial charge in [-0.2, -0.15) is 0 Å². The molecule has 0 aromatic heterocycles. The summed E-state index contributed by atoms with van der Waals surface area (Å²) in [6.07, 6.45) is 0. The number of rotatable bonds is 4. The number of halogens is 2. The zero-order valence-corrected chi connectivity index (χ0v) is 14.4. The van der Waals surface area contributed by atoms with Gasteiger partial charge < -0.3 is 5.32 Å². The molecule has 5 heteroatoms. The van der Waals surface area contributed by atoms with Crippen molar-refractivity contribution in [3.8, 4) is 0 Å². The van der Waals surface area contributed by atoms with E-state index in [9.17, 15) is 13.6 Å². The van der Waals surface area contributed by atoms with Crippen molar-refractivity contribution in [2.75, 3.05) is 5.32 Å². The number of anilines is 1. The fraction of sp³-hybridized carbons (Fsp3) is 0.278. The fourth-order valence-corrected chi connectivity index (χ4v) is 3.30. The number of carbonyl (C=O) groups is 1. The molecule has 0 aliphatic heterocycles. The summed E-state index contributed by atoms with van der Waals surface area (Å²) in [4.78, 5) is 12.9. The van der Waals surface area contributed by atoms with Crippen molar-refractivity contribution in [1.82, 2.24) is 0 Å². The Morgan fingerprint density at radius 2 is 1.65 bits per heavy atom. The lowest BCUT2D eigenvalue weighted by Gasteiger charge is -2.16. The van der Waals surface area contributed by atoms with Crippen LogP contribution in [-0.4, -0.2) is 11.2 Å². The summed E-state index contributed by atoms with van der Waals surface area (Å²) in [5.41, 5.74) is 3.95. The Hall–Kier alpha value is -1.88. The molecule has 0 aliphatic carbocycles. The fourth-order valence-electron chi connectivity index (χ4n) is 2.41. The van der Waals surface area contributed by atoms with E-state index in [0.717, 1.165) is 34.5 Å². The Kier molecular flexibility index (Phi) is 5.42. The smallest absolute Gasteiger partial charge is 0.237 e. The molecular weight excluding hydrogens is 316 g/mol. The summed E-state index contributed by atoms with van der Waals surface area (Å²) in [5.74, 6) is -1.97. The van der Waals surface area contributed by atoms with Gasteiger partial charge in [-0.3, -0.25) is 4.79 Å². The molecule has 2 rings (SSSR count). The summed E-state index contributed by atoms with van der Waals surface area (Å²) in [5, 5.41) is 2.49. The first-order valence-electron chi connectivity index (χ1n) is 7.28. The monoisotopic (exact) mass is 335 g/mol. The maximum atomic E-state index is 13.2. The highest BCUT2D eigenvalue weighted by atomic mass is 32.2. The molecule has 23 heavy (non-hydrogen) atoms. The van der Waals surface area contributed by atoms with Gasteiger partial charge in [-0.25, -0.2) is 8.78 Å². The molecule has 1 N–H and O–H groups in total. The topological polar surface area (TPSA) is 29.1 Å². The lowest BCUT2D eigenvalue weighted by molar-refractivity contribution is -0.115. The zero-order chi connectivity index (χ0) is 17.1. The van der Waals surface area contributed by atoms with E-state index in [2.05, 4.69) is 5.32 Å². The molecule has 0 saturated carbocycles. The molecule has 0 heterocycles. The Labute approximate surface area is 139 Å². The van der Waals surface area contributed by atoms with Gasteiger partial charge in [0.1, 0.15) is 0 Å². The molecule has 122 valence electrons. The van der Waals surface area contributed by atoms with Crippen LogP contribution >= 0.6 is 11.8 Å². The number of carbonyl (C=O) groups excluding carboxylic acids is 1. The first kappa shape index (κ1) is 17.5. The van der Waals surface area contributed by atoms with Crippen LogP contribution in [0.4, 0.5) is 14.5 Å². The maximum absolute atomic E-state index is 13.2. The predicted octanol–water partition coefficient (Wildman–Crippen LogP) is 5.01. The average Bonchev–Trinajstić information content (AvgIpc) is 2.46. The summed E-state index contributed by atoms with van der Waals surface area (Å²) in [7, 11) is 0. The first-order valence-corrected chi connectivity index (χ1v) is 8.16. The summed E-state index contributed by atoms with van der Waals surface area (Å²) in [6.45, 7) is 7.64. The number of aryl methyl sites for hydroxylation is 3. The molecule has 0 aliphatic rings. The second-order valence-electron chi connectivity index (χ2n) is 5.60. The van der Waals surface area contributed by atoms with Crippen molar-refractivity contribution >= 4 is 23.4 Å². The SMILES string of the molecule is Cc1cc(C)c(NC(=O)[C@H](C)Sc2ccc(F)c(F)c2)c(C)c1. The minimum atomic E-state index is -0.909. The molecule has 0 unspecified atom stereocenters. The summed E-state index contributed by atoms with van der Waals surface area (Å²) < 4.78 is 26.2. The molecule has 1 atom stereocenters. The van der Waals surface area contributed by atoms with E-state index < -0.39 is 16.9 Å². The maximum Gasteiger partial charge on any atom is 0.237 e. The Morgan fingerprint density at radius 1 is 1.04 bits per heavy atom. The van der Waals surface area contributed by atoms with Crippen molar-refractivity contribution in [3.63, 3.8) is 0 Å². The molecule has 0 fully saturated rings. The summed E-state index contributed by atoms with van der Waals surface area (Å²) >= 11 is 1.19. The molecule has 2 aromatic carbocycles. The molecule has 2 aromatic rings. The van der Waals surface area contributed by atoms with Crippen molar-refractivity contribution in [3.05, 3.63) is 58.7 Å². The van der Waals surface area contributed by atoms with Gasteiger partial charge in [0.05, 0.1) is 5.25 Å². The van der Waals surface area contributed by atoms with E-state index in [1.807, 2.05) is 32.9 Å². The highest BCUT2D eigenvalue weighted by molar-refractivity contribution is 8.00. The minimum Gasteiger partial charge on any atom is -0.325 e. The van der Waals surface area contributed by atoms with Crippen molar-refractivity contribution in [1.29, 1.82) is 0 Å². The van der Waals surface area contributed by atoms with Crippen LogP contribution in [0.2, 0.25) is 0 Å². The normalized spacial score (nSPS) is 12.1. The van der Waals surface area contributed by atoms with Crippen molar-refractivity contribution < 1.29 is 13.6 Å². The standard InChI is InChI=1S/C18H19F2NOS/c1-10-7-11(2)17(12(3)8-10)21-18(22)13(4)23-14-5-6-15(19)16(20)9-14/h5-9,13H,1-4H3,(H,21,22)/t13-/m0/s1. The van der Waals surface area contributed by atoms with Crippen LogP contribution in [0.3, 0.4) is 0 Å². The van der Waals surface area contributed by atoms with E-state index >= 15 is 0 Å². The van der Waals surface area contributed by atoms with Crippen LogP contribution in [0.15, 0.2) is 35.2 Å². The second kappa shape index (κ2) is 7.13. The molecule has 2 nitrogen and oxygen atoms in total. The lowest BCUT2D eigenvalue weighted by atomic mass is 10.1. The van der Waals surface area contributed by atoms with Crippen LogP contribution < -0.4 is 5.32 Å². The van der Waals surface area contributed by atoms with Crippen LogP contribution in [-0.2, 0) is 4.79 Å². The number of thioether (sulfide) groups is 1. The molecule has 1 amide bonds. The minimum absolute atomic E-state index is 0.171. The largest absolute Gasteiger partial charge is 0.325 e. The third-order valence-corrected chi connectivity index (χ3v) is 4.59. The van der Waals surface area contributed by atoms with Gasteiger partial charge in [-0.05, 0) is 57.0 Å². The van der Waals surface area contributed by atoms with Crippen molar-refractivity contribution in [2.24, 2.45) is 0 Å². The van der Waals surface area contributed by atoms with E-state index in [1.165, 1.54) is 17.8 Å². The van der Waals surface area contributed by atoms with Crippen LogP contribution in [0.25, 0.3) is 0 Å². The quantitative estimate of drug-likeness (QED) is 0.796. The van der Waals surface area contributed by atoms with Crippen LogP contribution in [0, 0.1) is 32.4 Å². The number of benzene rings is 2. The summed E-state index contributed by atoms with van der Waals surface area (Å²) in [6, 6.07) is 7.66. The molecule has 0 radical (unpaired) electrons. The van der Waals surface area contributed by atoms with E-state index in [4.69, 9.17) is 0 Å². The Morgan fingerprint density at radius 3 is 2.22 bits per heavy atom. The van der Waals surface area contributed by atoms with E-state index in [-0.39, 0.29) is 5.91 Å². The number of nitrogens with one attached hydrogen (secondary N) is 1. The predicted molar refractivity (Wildman–Crippen MR) is 91.0 cm³/mol. The van der Waals surface area contributed by atoms with E-state index in [1.54, 1.807) is 6.92 Å². The second-order valence-corrected chi connectivity index (χ2v) is 7.01. The average molecular weight is 335 g/mol. The van der Waals surface area contributed by atoms with Gasteiger partial charge in [-0.1, -0.05) is 17.7 Å². The number of amides is 1. The molecular formula is C18H19F2NOS. The highest BCUT2D eigenvalue weighted by Crippen LogP contribution is 2.27. The Balaban J connectivity index is 2.10. The van der Waals surface area contributed by atoms with E-state index in [0.29, 0.717) is 4.90 Å². The third kappa shape index (κ3) is 4.32. The third-order valence-electron chi connectivity index (χ3n) is 3.50. The molecule has 0 saturated heterocycles. The van der Waals surface area contributed by atoms with Gasteiger partial charge in [0, 0.05) is 10.6 Å². The molecule has 0 bridgehead atoms. The zero-order valence-electron chi connectivity index (χ0n) is 13.5. The van der Waals surface area contributed by atoms with Crippen molar-refractivity contribution in [2.45, 2.75) is 37.8 Å². The lowest BCUT2D eigenvalue weighted by Crippen LogP contribution is -2.23. The van der Waals surface area contributed by atoms with Gasteiger partial charge in [0.2, 0.25) is 5.91 Å². The first-order chi connectivity index (χ1) is 10.8. The number of hydrogen-bond acceptors (Lipinski definition) is 2.